The normalized spacial score (nSPS) is 18.1. The van der Waals surface area contributed by atoms with E-state index in [1.807, 2.05) is 45.0 Å². The maximum absolute atomic E-state index is 14.4. The Hall–Kier alpha value is -2.80. The van der Waals surface area contributed by atoms with Gasteiger partial charge in [0, 0.05) is 23.1 Å². The molecule has 0 bridgehead atoms. The molecule has 31 heavy (non-hydrogen) atoms. The first kappa shape index (κ1) is 22.9. The molecule has 0 saturated carbocycles. The molecule has 2 amide bonds. The average molecular weight is 431 g/mol. The Kier molecular flexibility index (Phi) is 7.05. The van der Waals surface area contributed by atoms with Gasteiger partial charge in [0.25, 0.3) is 0 Å². The van der Waals surface area contributed by atoms with E-state index in [0.717, 1.165) is 24.1 Å². The first-order chi connectivity index (χ1) is 14.7. The van der Waals surface area contributed by atoms with Crippen molar-refractivity contribution in [1.82, 2.24) is 10.6 Å². The lowest BCUT2D eigenvalue weighted by atomic mass is 9.91. The van der Waals surface area contributed by atoms with E-state index in [9.17, 15) is 9.18 Å². The summed E-state index contributed by atoms with van der Waals surface area (Å²) in [6, 6.07) is 10.6. The number of quaternary nitrogens is 1. The van der Waals surface area contributed by atoms with Gasteiger partial charge in [-0.25, -0.2) is 9.18 Å². The summed E-state index contributed by atoms with van der Waals surface area (Å²) in [5.74, 6) is 1.14. The minimum atomic E-state index is -0.329. The molecular weight excluding hydrogens is 397 g/mol. The number of benzene rings is 2. The van der Waals surface area contributed by atoms with Crippen LogP contribution in [0, 0.1) is 5.82 Å². The molecule has 0 radical (unpaired) electrons. The monoisotopic (exact) mass is 430 g/mol. The van der Waals surface area contributed by atoms with Gasteiger partial charge in [-0.2, -0.15) is 0 Å². The highest BCUT2D eigenvalue weighted by atomic mass is 19.1. The molecule has 2 aromatic carbocycles. The fourth-order valence-electron chi connectivity index (χ4n) is 4.10. The molecule has 3 rings (SSSR count). The van der Waals surface area contributed by atoms with Gasteiger partial charge < -0.3 is 25.0 Å². The summed E-state index contributed by atoms with van der Waals surface area (Å²) in [7, 11) is 3.24. The van der Waals surface area contributed by atoms with E-state index in [-0.39, 0.29) is 23.4 Å². The standard InChI is InChI=1S/C24H32FN3O3/c1-24(2,3)27-23(29)26-14-20-18-13-22(31-5)21(30-4)12-16(18)10-11-28(20)15-17-8-6-7-9-19(17)25/h6-9,12-13,20H,10-11,14-15H2,1-5H3,(H2,26,27,29)/p+1/t20-/m0/s1. The van der Waals surface area contributed by atoms with E-state index in [1.165, 1.54) is 11.0 Å². The van der Waals surface area contributed by atoms with Crippen molar-refractivity contribution in [3.05, 3.63) is 58.9 Å². The molecule has 1 heterocycles. The Morgan fingerprint density at radius 2 is 1.84 bits per heavy atom. The Morgan fingerprint density at radius 3 is 2.48 bits per heavy atom. The van der Waals surface area contributed by atoms with Gasteiger partial charge in [-0.15, -0.1) is 0 Å². The van der Waals surface area contributed by atoms with Crippen LogP contribution in [0.4, 0.5) is 9.18 Å². The van der Waals surface area contributed by atoms with Crippen LogP contribution in [-0.2, 0) is 13.0 Å². The van der Waals surface area contributed by atoms with Gasteiger partial charge in [0.15, 0.2) is 11.5 Å². The summed E-state index contributed by atoms with van der Waals surface area (Å²) in [6.45, 7) is 7.60. The second-order valence-corrected chi connectivity index (χ2v) is 8.97. The van der Waals surface area contributed by atoms with Gasteiger partial charge in [0.1, 0.15) is 18.4 Å². The second-order valence-electron chi connectivity index (χ2n) is 8.97. The molecule has 1 aliphatic heterocycles. The van der Waals surface area contributed by atoms with Crippen LogP contribution in [0.15, 0.2) is 36.4 Å². The molecule has 1 unspecified atom stereocenters. The number of methoxy groups -OCH3 is 2. The summed E-state index contributed by atoms with van der Waals surface area (Å²) in [6.07, 6.45) is 0.837. The number of hydrogen-bond donors (Lipinski definition) is 3. The first-order valence-electron chi connectivity index (χ1n) is 10.6. The molecule has 6 nitrogen and oxygen atoms in total. The number of rotatable bonds is 6. The van der Waals surface area contributed by atoms with Crippen LogP contribution in [0.1, 0.15) is 43.5 Å². The van der Waals surface area contributed by atoms with Gasteiger partial charge >= 0.3 is 6.03 Å². The highest BCUT2D eigenvalue weighted by Crippen LogP contribution is 2.34. The number of ether oxygens (including phenoxy) is 2. The van der Waals surface area contributed by atoms with Crippen LogP contribution in [0.3, 0.4) is 0 Å². The summed E-state index contributed by atoms with van der Waals surface area (Å²) in [5.41, 5.74) is 2.60. The van der Waals surface area contributed by atoms with Crippen molar-refractivity contribution in [3.8, 4) is 11.5 Å². The van der Waals surface area contributed by atoms with Crippen LogP contribution in [0.2, 0.25) is 0 Å². The number of hydrogen-bond acceptors (Lipinski definition) is 3. The lowest BCUT2D eigenvalue weighted by molar-refractivity contribution is -0.946. The van der Waals surface area contributed by atoms with Crippen molar-refractivity contribution in [2.45, 2.75) is 45.3 Å². The molecule has 0 fully saturated rings. The Balaban J connectivity index is 1.90. The molecule has 2 atom stereocenters. The zero-order valence-electron chi connectivity index (χ0n) is 19.0. The Morgan fingerprint density at radius 1 is 1.16 bits per heavy atom. The first-order valence-corrected chi connectivity index (χ1v) is 10.6. The van der Waals surface area contributed by atoms with Crippen molar-refractivity contribution in [2.24, 2.45) is 0 Å². The Labute approximate surface area is 183 Å². The predicted octanol–water partition coefficient (Wildman–Crippen LogP) is 2.62. The molecule has 3 N–H and O–H groups in total. The number of urea groups is 1. The molecule has 0 saturated heterocycles. The molecule has 0 spiro atoms. The quantitative estimate of drug-likeness (QED) is 0.660. The third kappa shape index (κ3) is 5.67. The zero-order chi connectivity index (χ0) is 22.6. The lowest BCUT2D eigenvalue weighted by Crippen LogP contribution is -3.12. The fourth-order valence-corrected chi connectivity index (χ4v) is 4.10. The average Bonchev–Trinajstić information content (AvgIpc) is 2.72. The Bertz CT molecular complexity index is 927. The maximum atomic E-state index is 14.4. The highest BCUT2D eigenvalue weighted by molar-refractivity contribution is 5.74. The van der Waals surface area contributed by atoms with Crippen LogP contribution >= 0.6 is 0 Å². The largest absolute Gasteiger partial charge is 0.493 e. The zero-order valence-corrected chi connectivity index (χ0v) is 19.0. The second kappa shape index (κ2) is 9.56. The minimum Gasteiger partial charge on any atom is -0.493 e. The molecular formula is C24H33FN3O3+. The van der Waals surface area contributed by atoms with E-state index in [4.69, 9.17) is 9.47 Å². The van der Waals surface area contributed by atoms with E-state index in [0.29, 0.717) is 30.2 Å². The van der Waals surface area contributed by atoms with Crippen molar-refractivity contribution < 1.29 is 23.6 Å². The number of halogens is 1. The molecule has 2 aromatic rings. The summed E-state index contributed by atoms with van der Waals surface area (Å²) >= 11 is 0. The molecule has 1 aliphatic rings. The van der Waals surface area contributed by atoms with E-state index < -0.39 is 0 Å². The van der Waals surface area contributed by atoms with Gasteiger partial charge in [0.05, 0.1) is 27.3 Å². The third-order valence-electron chi connectivity index (χ3n) is 5.56. The van der Waals surface area contributed by atoms with Crippen LogP contribution in [0.5, 0.6) is 11.5 Å². The number of carbonyl (C=O) groups is 1. The highest BCUT2D eigenvalue weighted by Gasteiger charge is 2.33. The maximum Gasteiger partial charge on any atom is 0.315 e. The molecule has 7 heteroatoms. The lowest BCUT2D eigenvalue weighted by Gasteiger charge is -2.35. The summed E-state index contributed by atoms with van der Waals surface area (Å²) in [5, 5.41) is 5.94. The van der Waals surface area contributed by atoms with E-state index in [2.05, 4.69) is 10.6 Å². The van der Waals surface area contributed by atoms with Crippen LogP contribution in [0.25, 0.3) is 0 Å². The summed E-state index contributed by atoms with van der Waals surface area (Å²) in [4.78, 5) is 13.6. The van der Waals surface area contributed by atoms with E-state index >= 15 is 0 Å². The molecule has 168 valence electrons. The third-order valence-corrected chi connectivity index (χ3v) is 5.56. The van der Waals surface area contributed by atoms with Crippen molar-refractivity contribution in [2.75, 3.05) is 27.3 Å². The summed E-state index contributed by atoms with van der Waals surface area (Å²) < 4.78 is 25.3. The SMILES string of the molecule is COc1cc2c(cc1OC)[C@H](CNC(=O)NC(C)(C)C)[NH+](Cc1ccccc1F)CC2. The van der Waals surface area contributed by atoms with Crippen molar-refractivity contribution in [3.63, 3.8) is 0 Å². The fraction of sp³-hybridized carbons (Fsp3) is 0.458. The van der Waals surface area contributed by atoms with Crippen LogP contribution < -0.4 is 25.0 Å². The van der Waals surface area contributed by atoms with Gasteiger partial charge in [-0.05, 0) is 44.5 Å². The van der Waals surface area contributed by atoms with Gasteiger partial charge in [-0.3, -0.25) is 0 Å². The van der Waals surface area contributed by atoms with Crippen LogP contribution in [-0.4, -0.2) is 38.9 Å². The molecule has 0 aliphatic carbocycles. The smallest absolute Gasteiger partial charge is 0.315 e. The topological polar surface area (TPSA) is 64.0 Å². The van der Waals surface area contributed by atoms with Gasteiger partial charge in [0.2, 0.25) is 0 Å². The van der Waals surface area contributed by atoms with Crippen molar-refractivity contribution in [1.29, 1.82) is 0 Å². The minimum absolute atomic E-state index is 0.0473. The van der Waals surface area contributed by atoms with Gasteiger partial charge in [-0.1, -0.05) is 18.2 Å². The van der Waals surface area contributed by atoms with Crippen molar-refractivity contribution >= 4 is 6.03 Å². The number of fused-ring (bicyclic) bond motifs is 1. The number of carbonyl (C=O) groups excluding carboxylic acids is 1. The number of amides is 2. The number of nitrogens with one attached hydrogen (secondary N) is 3. The molecule has 0 aromatic heterocycles. The van der Waals surface area contributed by atoms with E-state index in [1.54, 1.807) is 20.3 Å². The predicted molar refractivity (Wildman–Crippen MR) is 118 cm³/mol.